The molecule has 1 atom stereocenters. The summed E-state index contributed by atoms with van der Waals surface area (Å²) < 4.78 is 0. The van der Waals surface area contributed by atoms with Crippen LogP contribution < -0.4 is 10.6 Å². The molecule has 2 aromatic rings. The summed E-state index contributed by atoms with van der Waals surface area (Å²) in [6.07, 6.45) is 3.89. The zero-order valence-electron chi connectivity index (χ0n) is 17.1. The van der Waals surface area contributed by atoms with Gasteiger partial charge in [0.1, 0.15) is 11.1 Å². The molecule has 0 radical (unpaired) electrons. The summed E-state index contributed by atoms with van der Waals surface area (Å²) in [6, 6.07) is 10.3. The van der Waals surface area contributed by atoms with Crippen LogP contribution in [0.1, 0.15) is 35.2 Å². The van der Waals surface area contributed by atoms with E-state index in [1.54, 1.807) is 36.5 Å². The Kier molecular flexibility index (Phi) is 6.31. The van der Waals surface area contributed by atoms with E-state index in [1.807, 2.05) is 13.0 Å². The summed E-state index contributed by atoms with van der Waals surface area (Å²) in [4.78, 5) is 47.4. The Morgan fingerprint density at radius 1 is 1.13 bits per heavy atom. The third-order valence-corrected chi connectivity index (χ3v) is 6.36. The number of rotatable bonds is 5. The highest BCUT2D eigenvalue weighted by Gasteiger charge is 2.33. The maximum absolute atomic E-state index is 12.4. The van der Waals surface area contributed by atoms with Crippen LogP contribution in [0.2, 0.25) is 0 Å². The van der Waals surface area contributed by atoms with Crippen LogP contribution in [0, 0.1) is 6.92 Å². The Morgan fingerprint density at radius 2 is 1.87 bits per heavy atom. The molecule has 1 aromatic heterocycles. The minimum absolute atomic E-state index is 0.0610. The van der Waals surface area contributed by atoms with Crippen molar-refractivity contribution in [1.29, 1.82) is 0 Å². The fourth-order valence-corrected chi connectivity index (χ4v) is 4.55. The van der Waals surface area contributed by atoms with Gasteiger partial charge in [0.2, 0.25) is 5.91 Å². The van der Waals surface area contributed by atoms with Crippen LogP contribution in [0.25, 0.3) is 0 Å². The van der Waals surface area contributed by atoms with Crippen LogP contribution in [-0.2, 0) is 9.59 Å². The second-order valence-electron chi connectivity index (χ2n) is 7.49. The Hall–Kier alpha value is -3.20. The van der Waals surface area contributed by atoms with Gasteiger partial charge >= 0.3 is 0 Å². The third-order valence-electron chi connectivity index (χ3n) is 5.15. The number of aryl methyl sites for hydroxylation is 1. The Balaban J connectivity index is 1.30. The van der Waals surface area contributed by atoms with Crippen LogP contribution in [-0.4, -0.2) is 51.1 Å². The molecule has 1 fully saturated rings. The summed E-state index contributed by atoms with van der Waals surface area (Å²) in [6.45, 7) is 3.70. The van der Waals surface area contributed by atoms with Crippen molar-refractivity contribution >= 4 is 46.2 Å². The SMILES string of the molecule is Cc1cccnc1NC(=O)c1ccc(NC(=O)C[C@H]2SC(N3CCCC3)=NC2=O)cc1. The molecule has 4 rings (SSSR count). The number of pyridine rings is 1. The molecule has 0 spiro atoms. The zero-order chi connectivity index (χ0) is 21.8. The minimum atomic E-state index is -0.484. The molecule has 31 heavy (non-hydrogen) atoms. The van der Waals surface area contributed by atoms with E-state index in [4.69, 9.17) is 0 Å². The van der Waals surface area contributed by atoms with Gasteiger partial charge in [-0.1, -0.05) is 17.8 Å². The number of hydrogen-bond acceptors (Lipinski definition) is 6. The maximum Gasteiger partial charge on any atom is 0.262 e. The van der Waals surface area contributed by atoms with Gasteiger partial charge in [-0.3, -0.25) is 14.4 Å². The number of anilines is 2. The van der Waals surface area contributed by atoms with Crippen molar-refractivity contribution in [3.63, 3.8) is 0 Å². The molecule has 2 aliphatic heterocycles. The van der Waals surface area contributed by atoms with Crippen LogP contribution in [0.5, 0.6) is 0 Å². The number of aromatic nitrogens is 1. The largest absolute Gasteiger partial charge is 0.351 e. The molecule has 9 heteroatoms. The average molecular weight is 438 g/mol. The second-order valence-corrected chi connectivity index (χ2v) is 8.66. The number of likely N-dealkylation sites (tertiary alicyclic amines) is 1. The lowest BCUT2D eigenvalue weighted by Crippen LogP contribution is -2.25. The molecule has 2 N–H and O–H groups in total. The van der Waals surface area contributed by atoms with Gasteiger partial charge in [-0.25, -0.2) is 4.98 Å². The first kappa shape index (κ1) is 21.0. The van der Waals surface area contributed by atoms with E-state index in [-0.39, 0.29) is 24.1 Å². The summed E-state index contributed by atoms with van der Waals surface area (Å²) in [5.41, 5.74) is 1.89. The predicted octanol–water partition coefficient (Wildman–Crippen LogP) is 3.06. The van der Waals surface area contributed by atoms with Crippen molar-refractivity contribution in [2.24, 2.45) is 4.99 Å². The number of hydrogen-bond donors (Lipinski definition) is 2. The maximum atomic E-state index is 12.4. The van der Waals surface area contributed by atoms with E-state index in [9.17, 15) is 14.4 Å². The highest BCUT2D eigenvalue weighted by Crippen LogP contribution is 2.29. The summed E-state index contributed by atoms with van der Waals surface area (Å²) >= 11 is 1.37. The number of carbonyl (C=O) groups is 3. The topological polar surface area (TPSA) is 104 Å². The number of nitrogens with zero attached hydrogens (tertiary/aromatic N) is 3. The van der Waals surface area contributed by atoms with Crippen LogP contribution in [0.4, 0.5) is 11.5 Å². The molecule has 160 valence electrons. The first-order valence-corrected chi connectivity index (χ1v) is 11.0. The molecular formula is C22H23N5O3S. The van der Waals surface area contributed by atoms with E-state index in [0.717, 1.165) is 36.7 Å². The predicted molar refractivity (Wildman–Crippen MR) is 121 cm³/mol. The Morgan fingerprint density at radius 3 is 2.58 bits per heavy atom. The van der Waals surface area contributed by atoms with E-state index < -0.39 is 5.25 Å². The van der Waals surface area contributed by atoms with Gasteiger partial charge in [-0.15, -0.1) is 0 Å². The van der Waals surface area contributed by atoms with Gasteiger partial charge in [-0.05, 0) is 55.7 Å². The molecule has 1 saturated heterocycles. The van der Waals surface area contributed by atoms with Crippen molar-refractivity contribution in [2.75, 3.05) is 23.7 Å². The van der Waals surface area contributed by atoms with Crippen molar-refractivity contribution in [2.45, 2.75) is 31.4 Å². The smallest absolute Gasteiger partial charge is 0.262 e. The molecule has 0 saturated carbocycles. The van der Waals surface area contributed by atoms with Crippen molar-refractivity contribution in [3.8, 4) is 0 Å². The first-order valence-electron chi connectivity index (χ1n) is 10.2. The van der Waals surface area contributed by atoms with Gasteiger partial charge in [0.05, 0.1) is 0 Å². The summed E-state index contributed by atoms with van der Waals surface area (Å²) in [7, 11) is 0. The molecule has 3 heterocycles. The van der Waals surface area contributed by atoms with Crippen molar-refractivity contribution < 1.29 is 14.4 Å². The summed E-state index contributed by atoms with van der Waals surface area (Å²) in [5, 5.41) is 5.81. The zero-order valence-corrected chi connectivity index (χ0v) is 17.9. The standard InChI is InChI=1S/C22H23N5O3S/c1-14-5-4-10-23-19(14)25-20(29)15-6-8-16(9-7-15)24-18(28)13-17-21(30)26-22(31-17)27-11-2-3-12-27/h4-10,17H,2-3,11-13H2,1H3,(H,24,28)(H,23,25,29)/t17-/m1/s1. The fourth-order valence-electron chi connectivity index (χ4n) is 3.43. The number of nitrogens with one attached hydrogen (secondary N) is 2. The van der Waals surface area contributed by atoms with Gasteiger partial charge < -0.3 is 15.5 Å². The Bertz CT molecular complexity index is 1030. The van der Waals surface area contributed by atoms with E-state index in [1.165, 1.54) is 11.8 Å². The molecule has 0 aliphatic carbocycles. The second kappa shape index (κ2) is 9.30. The molecule has 8 nitrogen and oxygen atoms in total. The number of aliphatic imine (C=N–C) groups is 1. The van der Waals surface area contributed by atoms with Gasteiger partial charge in [0.15, 0.2) is 5.17 Å². The van der Waals surface area contributed by atoms with Gasteiger partial charge in [0.25, 0.3) is 11.8 Å². The Labute approximate surface area is 184 Å². The normalized spacial score (nSPS) is 18.1. The molecule has 3 amide bonds. The fraction of sp³-hybridized carbons (Fsp3) is 0.318. The van der Waals surface area contributed by atoms with E-state index in [2.05, 4.69) is 25.5 Å². The number of amidine groups is 1. The van der Waals surface area contributed by atoms with Crippen LogP contribution in [0.15, 0.2) is 47.6 Å². The highest BCUT2D eigenvalue weighted by molar-refractivity contribution is 8.15. The van der Waals surface area contributed by atoms with Crippen LogP contribution in [0.3, 0.4) is 0 Å². The van der Waals surface area contributed by atoms with Gasteiger partial charge in [0, 0.05) is 37.0 Å². The number of amides is 3. The number of thioether (sulfide) groups is 1. The highest BCUT2D eigenvalue weighted by atomic mass is 32.2. The molecule has 0 bridgehead atoms. The lowest BCUT2D eigenvalue weighted by molar-refractivity contribution is -0.121. The lowest BCUT2D eigenvalue weighted by atomic mass is 10.2. The molecule has 2 aliphatic rings. The van der Waals surface area contributed by atoms with Crippen LogP contribution >= 0.6 is 11.8 Å². The summed E-state index contributed by atoms with van der Waals surface area (Å²) in [5.74, 6) is -0.276. The van der Waals surface area contributed by atoms with Gasteiger partial charge in [-0.2, -0.15) is 4.99 Å². The third kappa shape index (κ3) is 5.11. The first-order chi connectivity index (χ1) is 15.0. The monoisotopic (exact) mass is 437 g/mol. The molecular weight excluding hydrogens is 414 g/mol. The molecule has 1 aromatic carbocycles. The van der Waals surface area contributed by atoms with E-state index in [0.29, 0.717) is 17.1 Å². The van der Waals surface area contributed by atoms with E-state index >= 15 is 0 Å². The lowest BCUT2D eigenvalue weighted by Gasteiger charge is -2.16. The average Bonchev–Trinajstić information content (AvgIpc) is 3.40. The van der Waals surface area contributed by atoms with Crippen molar-refractivity contribution in [3.05, 3.63) is 53.7 Å². The quantitative estimate of drug-likeness (QED) is 0.745. The number of carbonyl (C=O) groups excluding carboxylic acids is 3. The number of benzene rings is 1. The van der Waals surface area contributed by atoms with Crippen molar-refractivity contribution in [1.82, 2.24) is 9.88 Å². The molecule has 0 unspecified atom stereocenters. The minimum Gasteiger partial charge on any atom is -0.351 e.